The van der Waals surface area contributed by atoms with E-state index in [4.69, 9.17) is 0 Å². The SMILES string of the molecule is BrP(Cc1ccc(CCc2ccc(CP(Br)(c3ccccc3)(c3ccccc3)c3ccccc3)cc2)cc1)(c1ccccc1)(c1ccccc1)c1ccccc1. The van der Waals surface area contributed by atoms with E-state index in [1.54, 1.807) is 0 Å². The molecule has 0 bridgehead atoms. The van der Waals surface area contributed by atoms with Crippen molar-refractivity contribution < 1.29 is 0 Å². The van der Waals surface area contributed by atoms with E-state index in [1.807, 2.05) is 0 Å². The molecular weight excluding hydrogens is 846 g/mol. The molecule has 0 atom stereocenters. The zero-order valence-corrected chi connectivity index (χ0v) is 36.4. The van der Waals surface area contributed by atoms with Gasteiger partial charge in [-0.15, -0.1) is 0 Å². The summed E-state index contributed by atoms with van der Waals surface area (Å²) in [7, 11) is 0. The van der Waals surface area contributed by atoms with Crippen molar-refractivity contribution in [3.8, 4) is 0 Å². The van der Waals surface area contributed by atoms with E-state index in [-0.39, 0.29) is 0 Å². The first kappa shape index (κ1) is 38.5. The van der Waals surface area contributed by atoms with Gasteiger partial charge >= 0.3 is 351 Å². The molecule has 0 nitrogen and oxygen atoms in total. The van der Waals surface area contributed by atoms with Crippen molar-refractivity contribution in [3.05, 3.63) is 253 Å². The third-order valence-corrected chi connectivity index (χ3v) is 30.5. The Kier molecular flexibility index (Phi) is 11.1. The summed E-state index contributed by atoms with van der Waals surface area (Å²) in [4.78, 5) is 0. The number of aryl methyl sites for hydroxylation is 2. The molecule has 0 saturated heterocycles. The molecule has 56 heavy (non-hydrogen) atoms. The van der Waals surface area contributed by atoms with E-state index < -0.39 is 10.6 Å². The number of hydrogen-bond donors (Lipinski definition) is 0. The Morgan fingerprint density at radius 1 is 0.232 bits per heavy atom. The number of rotatable bonds is 13. The fourth-order valence-electron chi connectivity index (χ4n) is 8.47. The van der Waals surface area contributed by atoms with E-state index >= 15 is 0 Å². The number of benzene rings is 8. The van der Waals surface area contributed by atoms with Crippen molar-refractivity contribution >= 4 is 73.4 Å². The summed E-state index contributed by atoms with van der Waals surface area (Å²) in [5.41, 5.74) is 5.37. The van der Waals surface area contributed by atoms with Gasteiger partial charge in [0.05, 0.1) is 0 Å². The van der Waals surface area contributed by atoms with E-state index in [0.717, 1.165) is 25.2 Å². The van der Waals surface area contributed by atoms with E-state index in [1.165, 1.54) is 54.1 Å². The first-order valence-electron chi connectivity index (χ1n) is 19.3. The summed E-state index contributed by atoms with van der Waals surface area (Å²) in [5.74, 6) is 0. The van der Waals surface area contributed by atoms with E-state index in [2.05, 4.69) is 262 Å². The predicted molar refractivity (Wildman–Crippen MR) is 256 cm³/mol. The Hall–Kier alpha value is -4.42. The van der Waals surface area contributed by atoms with Crippen LogP contribution in [0, 0.1) is 0 Å². The molecule has 8 aromatic rings. The van der Waals surface area contributed by atoms with Gasteiger partial charge in [-0.25, -0.2) is 0 Å². The van der Waals surface area contributed by atoms with Crippen molar-refractivity contribution in [2.75, 3.05) is 0 Å². The fraction of sp³-hybridized carbons (Fsp3) is 0.0769. The molecule has 0 saturated carbocycles. The molecule has 0 spiro atoms. The van der Waals surface area contributed by atoms with Gasteiger partial charge in [-0.3, -0.25) is 0 Å². The molecule has 8 rings (SSSR count). The van der Waals surface area contributed by atoms with Crippen LogP contribution >= 0.6 is 41.6 Å². The van der Waals surface area contributed by atoms with Gasteiger partial charge < -0.3 is 0 Å². The van der Waals surface area contributed by atoms with Crippen molar-refractivity contribution in [3.63, 3.8) is 0 Å². The second-order valence-electron chi connectivity index (χ2n) is 14.8. The van der Waals surface area contributed by atoms with E-state index in [0.29, 0.717) is 0 Å². The third-order valence-electron chi connectivity index (χ3n) is 11.5. The number of hydrogen-bond acceptors (Lipinski definition) is 0. The van der Waals surface area contributed by atoms with Crippen LogP contribution in [-0.2, 0) is 25.2 Å². The molecule has 0 N–H and O–H groups in total. The van der Waals surface area contributed by atoms with Crippen LogP contribution in [0.15, 0.2) is 231 Å². The van der Waals surface area contributed by atoms with Crippen LogP contribution in [0.4, 0.5) is 0 Å². The molecule has 0 aliphatic rings. The topological polar surface area (TPSA) is 0 Å². The molecule has 0 aliphatic carbocycles. The Balaban J connectivity index is 1.05. The summed E-state index contributed by atoms with van der Waals surface area (Å²) in [6, 6.07) is 85.2. The van der Waals surface area contributed by atoms with Gasteiger partial charge in [-0.2, -0.15) is 0 Å². The van der Waals surface area contributed by atoms with Crippen molar-refractivity contribution in [1.29, 1.82) is 0 Å². The Morgan fingerprint density at radius 2 is 0.411 bits per heavy atom. The number of halogens is 2. The van der Waals surface area contributed by atoms with Gasteiger partial charge in [0, 0.05) is 0 Å². The molecule has 0 fully saturated rings. The molecular formula is C52H46Br2P2. The molecule has 0 unspecified atom stereocenters. The Bertz CT molecular complexity index is 2100. The average molecular weight is 893 g/mol. The van der Waals surface area contributed by atoms with Gasteiger partial charge in [0.1, 0.15) is 0 Å². The minimum absolute atomic E-state index is 0.888. The summed E-state index contributed by atoms with van der Waals surface area (Å²) in [6.45, 7) is 0. The maximum absolute atomic E-state index is 4.63. The molecule has 4 heteroatoms. The van der Waals surface area contributed by atoms with Crippen LogP contribution in [0.1, 0.15) is 22.3 Å². The monoisotopic (exact) mass is 890 g/mol. The normalized spacial score (nSPS) is 13.2. The van der Waals surface area contributed by atoms with Crippen LogP contribution in [0.25, 0.3) is 0 Å². The van der Waals surface area contributed by atoms with Crippen LogP contribution < -0.4 is 31.8 Å². The maximum atomic E-state index is 4.63. The van der Waals surface area contributed by atoms with Gasteiger partial charge in [-0.05, 0) is 0 Å². The summed E-state index contributed by atoms with van der Waals surface area (Å²) < 4.78 is 0. The average Bonchev–Trinajstić information content (AvgIpc) is 3.28. The van der Waals surface area contributed by atoms with Gasteiger partial charge in [0.25, 0.3) is 0 Å². The molecule has 0 heterocycles. The summed E-state index contributed by atoms with van der Waals surface area (Å²) >= 11 is 9.26. The molecule has 8 aromatic carbocycles. The van der Waals surface area contributed by atoms with Crippen molar-refractivity contribution in [2.24, 2.45) is 0 Å². The Labute approximate surface area is 349 Å². The van der Waals surface area contributed by atoms with Crippen LogP contribution in [0.5, 0.6) is 0 Å². The zero-order valence-electron chi connectivity index (χ0n) is 31.4. The van der Waals surface area contributed by atoms with Gasteiger partial charge in [-0.1, -0.05) is 0 Å². The zero-order chi connectivity index (χ0) is 38.4. The van der Waals surface area contributed by atoms with Crippen LogP contribution in [0.2, 0.25) is 0 Å². The van der Waals surface area contributed by atoms with Crippen molar-refractivity contribution in [1.82, 2.24) is 0 Å². The summed E-state index contributed by atoms with van der Waals surface area (Å²) in [5, 5.41) is 1.91. The quantitative estimate of drug-likeness (QED) is 0.101. The molecule has 0 radical (unpaired) electrons. The molecule has 0 amide bonds. The summed E-state index contributed by atoms with van der Waals surface area (Å²) in [6.07, 6.45) is 3.76. The molecule has 0 aliphatic heterocycles. The predicted octanol–water partition coefficient (Wildman–Crippen LogP) is 12.2. The standard InChI is InChI=1S/C52H46Br2P2/c53-55(47-19-7-1-8-20-47,48-21-9-2-10-22-48,49-23-11-3-12-24-49)41-45-37-33-43(34-38-45)31-32-44-35-39-46(40-36-44)42-56(54,50-25-13-4-14-26-50,51-27-15-5-16-28-51)52-29-17-6-18-30-52/h1-30,33-40H,31-32,41-42H2. The van der Waals surface area contributed by atoms with E-state index in [9.17, 15) is 0 Å². The van der Waals surface area contributed by atoms with Crippen LogP contribution in [-0.4, -0.2) is 0 Å². The second-order valence-corrected chi connectivity index (χ2v) is 32.7. The third kappa shape index (κ3) is 7.08. The van der Waals surface area contributed by atoms with Crippen LogP contribution in [0.3, 0.4) is 0 Å². The van der Waals surface area contributed by atoms with Gasteiger partial charge in [0.15, 0.2) is 0 Å². The molecule has 278 valence electrons. The van der Waals surface area contributed by atoms with Gasteiger partial charge in [0.2, 0.25) is 0 Å². The first-order chi connectivity index (χ1) is 27.4. The second kappa shape index (κ2) is 16.2. The first-order valence-corrected chi connectivity index (χ1v) is 28.2. The minimum atomic E-state index is -3.06. The van der Waals surface area contributed by atoms with Crippen molar-refractivity contribution in [2.45, 2.75) is 25.2 Å². The fourth-order valence-corrected chi connectivity index (χ4v) is 23.9. The Morgan fingerprint density at radius 3 is 0.607 bits per heavy atom. The molecule has 0 aromatic heterocycles.